The molecule has 144 valence electrons. The maximum absolute atomic E-state index is 13.3. The summed E-state index contributed by atoms with van der Waals surface area (Å²) in [6, 6.07) is 17.5. The van der Waals surface area contributed by atoms with Crippen LogP contribution in [0.1, 0.15) is 0 Å². The van der Waals surface area contributed by atoms with Crippen LogP contribution in [-0.2, 0) is 14.8 Å². The maximum atomic E-state index is 13.3. The van der Waals surface area contributed by atoms with Crippen LogP contribution in [0.25, 0.3) is 0 Å². The molecule has 28 heavy (non-hydrogen) atoms. The molecule has 0 fully saturated rings. The molecular formula is C20H16F2N2O3S. The number of carbonyl (C=O) groups excluding carboxylic acids is 1. The normalized spacial score (nSPS) is 11.1. The van der Waals surface area contributed by atoms with E-state index in [1.807, 2.05) is 0 Å². The van der Waals surface area contributed by atoms with E-state index in [2.05, 4.69) is 5.32 Å². The average molecular weight is 402 g/mol. The van der Waals surface area contributed by atoms with Gasteiger partial charge < -0.3 is 5.32 Å². The number of nitrogens with one attached hydrogen (secondary N) is 1. The first-order chi connectivity index (χ1) is 13.4. The van der Waals surface area contributed by atoms with Gasteiger partial charge in [0.15, 0.2) is 0 Å². The van der Waals surface area contributed by atoms with Crippen LogP contribution in [0.5, 0.6) is 0 Å². The highest BCUT2D eigenvalue weighted by Crippen LogP contribution is 2.24. The average Bonchev–Trinajstić information content (AvgIpc) is 2.69. The SMILES string of the molecule is O=C(CN(c1ccc(F)cc1)S(=O)(=O)c1ccccc1)Nc1ccc(F)cc1. The molecule has 0 spiro atoms. The fourth-order valence-corrected chi connectivity index (χ4v) is 3.95. The summed E-state index contributed by atoms with van der Waals surface area (Å²) in [6.07, 6.45) is 0. The van der Waals surface area contributed by atoms with E-state index < -0.39 is 34.1 Å². The molecule has 0 aliphatic carbocycles. The van der Waals surface area contributed by atoms with Gasteiger partial charge in [-0.2, -0.15) is 0 Å². The Labute approximate surface area is 161 Å². The van der Waals surface area contributed by atoms with Crippen molar-refractivity contribution in [2.45, 2.75) is 4.90 Å². The number of rotatable bonds is 6. The molecule has 0 unspecified atom stereocenters. The molecule has 5 nitrogen and oxygen atoms in total. The summed E-state index contributed by atoms with van der Waals surface area (Å²) in [5.74, 6) is -1.62. The van der Waals surface area contributed by atoms with Gasteiger partial charge in [-0.3, -0.25) is 9.10 Å². The number of anilines is 2. The van der Waals surface area contributed by atoms with Crippen LogP contribution in [0, 0.1) is 11.6 Å². The predicted molar refractivity (Wildman–Crippen MR) is 102 cm³/mol. The maximum Gasteiger partial charge on any atom is 0.264 e. The summed E-state index contributed by atoms with van der Waals surface area (Å²) in [4.78, 5) is 12.4. The Hall–Kier alpha value is -3.26. The molecule has 3 rings (SSSR count). The van der Waals surface area contributed by atoms with Crippen LogP contribution in [0.4, 0.5) is 20.2 Å². The Kier molecular flexibility index (Phi) is 5.70. The molecule has 3 aromatic carbocycles. The van der Waals surface area contributed by atoms with Crippen LogP contribution >= 0.6 is 0 Å². The molecule has 8 heteroatoms. The number of benzene rings is 3. The number of halogens is 2. The summed E-state index contributed by atoms with van der Waals surface area (Å²) >= 11 is 0. The molecule has 0 aliphatic heterocycles. The highest BCUT2D eigenvalue weighted by Gasteiger charge is 2.27. The molecule has 0 aromatic heterocycles. The van der Waals surface area contributed by atoms with Gasteiger partial charge in [0.2, 0.25) is 5.91 Å². The van der Waals surface area contributed by atoms with E-state index in [0.29, 0.717) is 5.69 Å². The van der Waals surface area contributed by atoms with Crippen molar-refractivity contribution in [3.8, 4) is 0 Å². The molecule has 0 heterocycles. The van der Waals surface area contributed by atoms with Crippen LogP contribution < -0.4 is 9.62 Å². The Morgan fingerprint density at radius 1 is 0.821 bits per heavy atom. The van der Waals surface area contributed by atoms with Crippen molar-refractivity contribution < 1.29 is 22.0 Å². The van der Waals surface area contributed by atoms with Crippen molar-refractivity contribution in [2.75, 3.05) is 16.2 Å². The third kappa shape index (κ3) is 4.52. The second-order valence-corrected chi connectivity index (χ2v) is 7.72. The summed E-state index contributed by atoms with van der Waals surface area (Å²) < 4.78 is 53.3. The lowest BCUT2D eigenvalue weighted by molar-refractivity contribution is -0.114. The largest absolute Gasteiger partial charge is 0.325 e. The van der Waals surface area contributed by atoms with Gasteiger partial charge in [-0.1, -0.05) is 18.2 Å². The number of nitrogens with zero attached hydrogens (tertiary/aromatic N) is 1. The minimum absolute atomic E-state index is 0.00564. The summed E-state index contributed by atoms with van der Waals surface area (Å²) in [5.41, 5.74) is 0.460. The summed E-state index contributed by atoms with van der Waals surface area (Å²) in [5, 5.41) is 2.52. The fourth-order valence-electron chi connectivity index (χ4n) is 2.51. The zero-order valence-electron chi connectivity index (χ0n) is 14.5. The first kappa shape index (κ1) is 19.5. The Morgan fingerprint density at radius 3 is 1.93 bits per heavy atom. The monoisotopic (exact) mass is 402 g/mol. The van der Waals surface area contributed by atoms with Crippen LogP contribution in [-0.4, -0.2) is 20.9 Å². The predicted octanol–water partition coefficient (Wildman–Crippen LogP) is 3.80. The first-order valence-electron chi connectivity index (χ1n) is 8.25. The van der Waals surface area contributed by atoms with Crippen molar-refractivity contribution in [1.82, 2.24) is 0 Å². The number of sulfonamides is 1. The van der Waals surface area contributed by atoms with Crippen LogP contribution in [0.3, 0.4) is 0 Å². The van der Waals surface area contributed by atoms with Gasteiger partial charge in [0.25, 0.3) is 10.0 Å². The van der Waals surface area contributed by atoms with Gasteiger partial charge >= 0.3 is 0 Å². The van der Waals surface area contributed by atoms with E-state index >= 15 is 0 Å². The van der Waals surface area contributed by atoms with E-state index in [1.54, 1.807) is 18.2 Å². The van der Waals surface area contributed by atoms with E-state index in [1.165, 1.54) is 48.5 Å². The minimum atomic E-state index is -4.07. The molecular weight excluding hydrogens is 386 g/mol. The van der Waals surface area contributed by atoms with Gasteiger partial charge in [0.1, 0.15) is 18.2 Å². The van der Waals surface area contributed by atoms with E-state index in [0.717, 1.165) is 16.4 Å². The summed E-state index contributed by atoms with van der Waals surface area (Å²) in [6.45, 7) is -0.541. The molecule has 1 N–H and O–H groups in total. The molecule has 0 saturated heterocycles. The Morgan fingerprint density at radius 2 is 1.36 bits per heavy atom. The van der Waals surface area contributed by atoms with Crippen LogP contribution in [0.2, 0.25) is 0 Å². The van der Waals surface area contributed by atoms with E-state index in [9.17, 15) is 22.0 Å². The van der Waals surface area contributed by atoms with E-state index in [4.69, 9.17) is 0 Å². The standard InChI is InChI=1S/C20H16F2N2O3S/c21-15-6-10-17(11-7-15)23-20(25)14-24(18-12-8-16(22)9-13-18)28(26,27)19-4-2-1-3-5-19/h1-13H,14H2,(H,23,25). The Balaban J connectivity index is 1.91. The van der Waals surface area contributed by atoms with E-state index in [-0.39, 0.29) is 10.6 Å². The molecule has 0 aliphatic rings. The summed E-state index contributed by atoms with van der Waals surface area (Å²) in [7, 11) is -4.07. The zero-order valence-corrected chi connectivity index (χ0v) is 15.4. The zero-order chi connectivity index (χ0) is 20.1. The highest BCUT2D eigenvalue weighted by atomic mass is 32.2. The Bertz CT molecular complexity index is 1050. The second-order valence-electron chi connectivity index (χ2n) is 5.86. The molecule has 0 atom stereocenters. The van der Waals surface area contributed by atoms with Gasteiger partial charge in [-0.15, -0.1) is 0 Å². The molecule has 0 radical (unpaired) electrons. The van der Waals surface area contributed by atoms with Crippen molar-refractivity contribution in [3.63, 3.8) is 0 Å². The quantitative estimate of drug-likeness (QED) is 0.682. The molecule has 3 aromatic rings. The topological polar surface area (TPSA) is 66.5 Å². The van der Waals surface area contributed by atoms with Crippen molar-refractivity contribution >= 4 is 27.3 Å². The highest BCUT2D eigenvalue weighted by molar-refractivity contribution is 7.92. The second kappa shape index (κ2) is 8.18. The molecule has 1 amide bonds. The van der Waals surface area contributed by atoms with Crippen LogP contribution in [0.15, 0.2) is 83.8 Å². The third-order valence-corrected chi connectivity index (χ3v) is 5.65. The van der Waals surface area contributed by atoms with Gasteiger partial charge in [-0.25, -0.2) is 17.2 Å². The molecule has 0 saturated carbocycles. The number of hydrogen-bond acceptors (Lipinski definition) is 3. The minimum Gasteiger partial charge on any atom is -0.325 e. The third-order valence-electron chi connectivity index (χ3n) is 3.86. The van der Waals surface area contributed by atoms with Crippen molar-refractivity contribution in [2.24, 2.45) is 0 Å². The lowest BCUT2D eigenvalue weighted by Gasteiger charge is -2.24. The van der Waals surface area contributed by atoms with Crippen molar-refractivity contribution in [1.29, 1.82) is 0 Å². The fraction of sp³-hybridized carbons (Fsp3) is 0.0500. The smallest absolute Gasteiger partial charge is 0.264 e. The number of hydrogen-bond donors (Lipinski definition) is 1. The number of carbonyl (C=O) groups is 1. The van der Waals surface area contributed by atoms with Crippen molar-refractivity contribution in [3.05, 3.63) is 90.5 Å². The van der Waals surface area contributed by atoms with Gasteiger partial charge in [-0.05, 0) is 60.7 Å². The first-order valence-corrected chi connectivity index (χ1v) is 9.69. The number of amides is 1. The van der Waals surface area contributed by atoms with Gasteiger partial charge in [0.05, 0.1) is 10.6 Å². The molecule has 0 bridgehead atoms. The lowest BCUT2D eigenvalue weighted by Crippen LogP contribution is -2.38. The van der Waals surface area contributed by atoms with Gasteiger partial charge in [0, 0.05) is 5.69 Å². The lowest BCUT2D eigenvalue weighted by atomic mass is 10.3.